The molecule has 3 aromatic rings. The van der Waals surface area contributed by atoms with Crippen LogP contribution in [0, 0.1) is 5.92 Å². The van der Waals surface area contributed by atoms with Crippen molar-refractivity contribution in [1.82, 2.24) is 14.4 Å². The third kappa shape index (κ3) is 7.12. The van der Waals surface area contributed by atoms with Gasteiger partial charge in [-0.05, 0) is 75.6 Å². The van der Waals surface area contributed by atoms with Crippen LogP contribution in [0.2, 0.25) is 10.0 Å². The lowest BCUT2D eigenvalue weighted by atomic mass is 9.89. The molecule has 2 aromatic carbocycles. The minimum absolute atomic E-state index is 0.00685. The van der Waals surface area contributed by atoms with Crippen molar-refractivity contribution < 1.29 is 19.1 Å². The lowest BCUT2D eigenvalue weighted by Gasteiger charge is -2.42. The second-order valence-electron chi connectivity index (χ2n) is 13.7. The SMILES string of the molecule is C[C@@H]1COC[C@H](C)N1[C@H]1C[C@@H](CO[C@H]2CC[C@H](C)CC2)N(C(=O)Cc2cc(Cl)c(NC(=O)c3cn(C)c4ccccc34)cc2Cl)C1. The highest BCUT2D eigenvalue weighted by Crippen LogP contribution is 2.34. The Labute approximate surface area is 282 Å². The number of fused-ring (bicyclic) bond motifs is 1. The molecule has 10 heteroatoms. The van der Waals surface area contributed by atoms with Crippen molar-refractivity contribution in [2.24, 2.45) is 13.0 Å². The van der Waals surface area contributed by atoms with Gasteiger partial charge in [0.2, 0.25) is 5.91 Å². The van der Waals surface area contributed by atoms with Crippen LogP contribution in [-0.2, 0) is 27.7 Å². The molecule has 1 aromatic heterocycles. The second kappa shape index (κ2) is 14.2. The molecule has 46 heavy (non-hydrogen) atoms. The third-order valence-corrected chi connectivity index (χ3v) is 10.9. The van der Waals surface area contributed by atoms with E-state index in [-0.39, 0.29) is 48.5 Å². The van der Waals surface area contributed by atoms with Gasteiger partial charge in [0, 0.05) is 53.8 Å². The molecule has 0 unspecified atom stereocenters. The highest BCUT2D eigenvalue weighted by atomic mass is 35.5. The number of morpholine rings is 1. The van der Waals surface area contributed by atoms with E-state index >= 15 is 0 Å². The number of nitrogens with zero attached hydrogens (tertiary/aromatic N) is 3. The molecular formula is C36H46Cl2N4O4. The first-order valence-corrected chi connectivity index (χ1v) is 17.4. The molecule has 6 rings (SSSR count). The summed E-state index contributed by atoms with van der Waals surface area (Å²) in [5, 5.41) is 4.50. The number of carbonyl (C=O) groups is 2. The zero-order chi connectivity index (χ0) is 32.5. The number of amides is 2. The summed E-state index contributed by atoms with van der Waals surface area (Å²) in [6.45, 7) is 9.32. The van der Waals surface area contributed by atoms with Crippen molar-refractivity contribution in [2.45, 2.75) is 89.6 Å². The average Bonchev–Trinajstić information content (AvgIpc) is 3.60. The summed E-state index contributed by atoms with van der Waals surface area (Å²) in [4.78, 5) is 31.8. The van der Waals surface area contributed by atoms with Crippen LogP contribution < -0.4 is 5.32 Å². The predicted octanol–water partition coefficient (Wildman–Crippen LogP) is 6.95. The summed E-state index contributed by atoms with van der Waals surface area (Å²) in [5.41, 5.74) is 2.56. The van der Waals surface area contributed by atoms with Crippen molar-refractivity contribution in [3.63, 3.8) is 0 Å². The molecule has 1 aliphatic carbocycles. The van der Waals surface area contributed by atoms with Crippen LogP contribution in [0.15, 0.2) is 42.6 Å². The minimum atomic E-state index is -0.275. The van der Waals surface area contributed by atoms with Crippen LogP contribution in [0.5, 0.6) is 0 Å². The molecule has 3 fully saturated rings. The molecule has 1 saturated carbocycles. The maximum atomic E-state index is 14.0. The van der Waals surface area contributed by atoms with Gasteiger partial charge in [0.15, 0.2) is 0 Å². The number of anilines is 1. The number of hydrogen-bond acceptors (Lipinski definition) is 5. The van der Waals surface area contributed by atoms with E-state index in [2.05, 4.69) is 31.0 Å². The number of halogens is 2. The molecule has 0 radical (unpaired) electrons. The maximum absolute atomic E-state index is 14.0. The number of carbonyl (C=O) groups excluding carboxylic acids is 2. The van der Waals surface area contributed by atoms with Gasteiger partial charge in [0.05, 0.1) is 54.7 Å². The number of nitrogens with one attached hydrogen (secondary N) is 1. The van der Waals surface area contributed by atoms with Gasteiger partial charge in [-0.3, -0.25) is 14.5 Å². The number of benzene rings is 2. The lowest BCUT2D eigenvalue weighted by molar-refractivity contribution is -0.133. The number of likely N-dealkylation sites (tertiary alicyclic amines) is 1. The monoisotopic (exact) mass is 668 g/mol. The number of ether oxygens (including phenoxy) is 2. The lowest BCUT2D eigenvalue weighted by Crippen LogP contribution is -2.55. The van der Waals surface area contributed by atoms with Crippen molar-refractivity contribution in [2.75, 3.05) is 31.7 Å². The first kappa shape index (κ1) is 33.3. The normalized spacial score (nSPS) is 27.3. The average molecular weight is 670 g/mol. The Morgan fingerprint density at radius 3 is 2.46 bits per heavy atom. The van der Waals surface area contributed by atoms with E-state index in [0.29, 0.717) is 53.2 Å². The minimum Gasteiger partial charge on any atom is -0.378 e. The zero-order valence-corrected chi connectivity index (χ0v) is 28.8. The molecule has 0 spiro atoms. The van der Waals surface area contributed by atoms with E-state index in [1.165, 1.54) is 12.8 Å². The quantitative estimate of drug-likeness (QED) is 0.281. The Hall–Kier alpha value is -2.62. The fraction of sp³-hybridized carbons (Fsp3) is 0.556. The molecule has 8 nitrogen and oxygen atoms in total. The first-order valence-electron chi connectivity index (χ1n) is 16.7. The standard InChI is InChI=1S/C36H46Cl2N4O4/c1-22-9-11-28(12-10-22)46-21-27-15-26(42-23(2)19-45-20-24(42)3)17-41(27)35(43)14-25-13-32(38)33(16-31(25)37)39-36(44)30-18-40(4)34-8-6-5-7-29(30)34/h5-8,13,16,18,22-24,26-28H,9-12,14-15,17,19-21H2,1-4H3,(H,39,44)/t22-,23-,24+,26-,27-,28-/m0/s1. The smallest absolute Gasteiger partial charge is 0.257 e. The van der Waals surface area contributed by atoms with E-state index in [9.17, 15) is 9.59 Å². The van der Waals surface area contributed by atoms with E-state index in [1.807, 2.05) is 40.8 Å². The van der Waals surface area contributed by atoms with Gasteiger partial charge in [-0.15, -0.1) is 0 Å². The summed E-state index contributed by atoms with van der Waals surface area (Å²) in [5.74, 6) is 0.489. The molecule has 2 amide bonds. The van der Waals surface area contributed by atoms with Gasteiger partial charge in [-0.1, -0.05) is 48.3 Å². The zero-order valence-electron chi connectivity index (χ0n) is 27.3. The Morgan fingerprint density at radius 2 is 1.72 bits per heavy atom. The van der Waals surface area contributed by atoms with E-state index < -0.39 is 0 Å². The van der Waals surface area contributed by atoms with Gasteiger partial charge in [-0.2, -0.15) is 0 Å². The van der Waals surface area contributed by atoms with E-state index in [0.717, 1.165) is 36.1 Å². The molecule has 3 heterocycles. The summed E-state index contributed by atoms with van der Waals surface area (Å²) in [7, 11) is 1.91. The summed E-state index contributed by atoms with van der Waals surface area (Å²) < 4.78 is 14.2. The van der Waals surface area contributed by atoms with Crippen molar-refractivity contribution >= 4 is 51.6 Å². The highest BCUT2D eigenvalue weighted by molar-refractivity contribution is 6.36. The largest absolute Gasteiger partial charge is 0.378 e. The van der Waals surface area contributed by atoms with Gasteiger partial charge < -0.3 is 24.3 Å². The number of rotatable bonds is 8. The fourth-order valence-corrected chi connectivity index (χ4v) is 8.21. The summed E-state index contributed by atoms with van der Waals surface area (Å²) in [6, 6.07) is 11.9. The summed E-state index contributed by atoms with van der Waals surface area (Å²) in [6.07, 6.45) is 7.62. The van der Waals surface area contributed by atoms with Gasteiger partial charge in [-0.25, -0.2) is 0 Å². The second-order valence-corrected chi connectivity index (χ2v) is 14.5. The molecular weight excluding hydrogens is 623 g/mol. The number of hydrogen-bond donors (Lipinski definition) is 1. The van der Waals surface area contributed by atoms with Crippen molar-refractivity contribution in [3.8, 4) is 0 Å². The Kier molecular flexibility index (Phi) is 10.3. The van der Waals surface area contributed by atoms with Gasteiger partial charge >= 0.3 is 0 Å². The molecule has 4 atom stereocenters. The third-order valence-electron chi connectivity index (χ3n) is 10.2. The van der Waals surface area contributed by atoms with Crippen LogP contribution >= 0.6 is 23.2 Å². The molecule has 0 bridgehead atoms. The molecule has 2 aliphatic heterocycles. The van der Waals surface area contributed by atoms with Crippen molar-refractivity contribution in [1.29, 1.82) is 0 Å². The van der Waals surface area contributed by atoms with Gasteiger partial charge in [0.1, 0.15) is 0 Å². The Morgan fingerprint density at radius 1 is 1.00 bits per heavy atom. The molecule has 3 aliphatic rings. The Bertz CT molecular complexity index is 1560. The number of aryl methyl sites for hydroxylation is 1. The molecule has 2 saturated heterocycles. The van der Waals surface area contributed by atoms with E-state index in [1.54, 1.807) is 18.3 Å². The van der Waals surface area contributed by atoms with Crippen LogP contribution in [-0.4, -0.2) is 82.8 Å². The van der Waals surface area contributed by atoms with Crippen LogP contribution in [0.25, 0.3) is 10.9 Å². The van der Waals surface area contributed by atoms with Crippen molar-refractivity contribution in [3.05, 3.63) is 63.8 Å². The Balaban J connectivity index is 1.16. The van der Waals surface area contributed by atoms with Gasteiger partial charge in [0.25, 0.3) is 5.91 Å². The number of aromatic nitrogens is 1. The molecule has 1 N–H and O–H groups in total. The van der Waals surface area contributed by atoms with Crippen LogP contribution in [0.1, 0.15) is 68.8 Å². The topological polar surface area (TPSA) is 76.0 Å². The van der Waals surface area contributed by atoms with Crippen LogP contribution in [0.3, 0.4) is 0 Å². The fourth-order valence-electron chi connectivity index (χ4n) is 7.75. The highest BCUT2D eigenvalue weighted by Gasteiger charge is 2.42. The predicted molar refractivity (Wildman–Crippen MR) is 184 cm³/mol. The molecule has 248 valence electrons. The first-order chi connectivity index (χ1) is 22.1. The van der Waals surface area contributed by atoms with Crippen LogP contribution in [0.4, 0.5) is 5.69 Å². The van der Waals surface area contributed by atoms with E-state index in [4.69, 9.17) is 32.7 Å². The number of para-hydroxylation sites is 1. The maximum Gasteiger partial charge on any atom is 0.257 e. The summed E-state index contributed by atoms with van der Waals surface area (Å²) >= 11 is 13.4.